The molecule has 0 fully saturated rings. The summed E-state index contributed by atoms with van der Waals surface area (Å²) in [5, 5.41) is 0. The molecule has 2 N–H and O–H groups in total. The van der Waals surface area contributed by atoms with Crippen LogP contribution < -0.4 is 5.73 Å². The first-order chi connectivity index (χ1) is 9.15. The number of hydrogen-bond donors (Lipinski definition) is 1. The molecule has 96 valence electrons. The van der Waals surface area contributed by atoms with Gasteiger partial charge >= 0.3 is 0 Å². The predicted octanol–water partition coefficient (Wildman–Crippen LogP) is 3.26. The highest BCUT2D eigenvalue weighted by Crippen LogP contribution is 2.13. The van der Waals surface area contributed by atoms with Crippen LogP contribution in [-0.4, -0.2) is 11.6 Å². The van der Waals surface area contributed by atoms with Crippen molar-refractivity contribution in [2.75, 3.05) is 0 Å². The number of Topliss-reactive ketones (excluding diaryl/α,β-unsaturated/α-hetero) is 1. The van der Waals surface area contributed by atoms with Gasteiger partial charge in [-0.3, -0.25) is 4.79 Å². The summed E-state index contributed by atoms with van der Waals surface area (Å²) in [5.74, 6) is 0.312. The van der Waals surface area contributed by atoms with Crippen LogP contribution in [0.15, 0.2) is 59.6 Å². The van der Waals surface area contributed by atoms with Gasteiger partial charge in [-0.1, -0.05) is 48.0 Å². The maximum absolute atomic E-state index is 11.9. The van der Waals surface area contributed by atoms with E-state index >= 15 is 0 Å². The zero-order valence-electron chi connectivity index (χ0n) is 10.8. The van der Waals surface area contributed by atoms with Crippen molar-refractivity contribution in [2.45, 2.75) is 13.3 Å². The average molecular weight is 252 g/mol. The highest BCUT2D eigenvalue weighted by Gasteiger charge is 2.07. The number of carbonyl (C=O) groups excluding carboxylic acids is 1. The van der Waals surface area contributed by atoms with Crippen molar-refractivity contribution >= 4 is 17.3 Å². The van der Waals surface area contributed by atoms with Gasteiger partial charge in [0.05, 0.1) is 12.1 Å². The van der Waals surface area contributed by atoms with Gasteiger partial charge in [-0.15, -0.1) is 0 Å². The van der Waals surface area contributed by atoms with Crippen molar-refractivity contribution in [3.63, 3.8) is 0 Å². The molecule has 0 heterocycles. The van der Waals surface area contributed by atoms with Gasteiger partial charge in [-0.25, -0.2) is 4.99 Å². The minimum atomic E-state index is -0.0195. The van der Waals surface area contributed by atoms with E-state index in [2.05, 4.69) is 4.99 Å². The number of nitrogens with two attached hydrogens (primary N) is 1. The molecular weight excluding hydrogens is 236 g/mol. The number of carbonyl (C=O) groups is 1. The Morgan fingerprint density at radius 3 is 2.32 bits per heavy atom. The van der Waals surface area contributed by atoms with E-state index < -0.39 is 0 Å². The van der Waals surface area contributed by atoms with E-state index in [0.29, 0.717) is 11.4 Å². The second kappa shape index (κ2) is 5.96. The fourth-order valence-corrected chi connectivity index (χ4v) is 1.72. The second-order valence-corrected chi connectivity index (χ2v) is 4.40. The summed E-state index contributed by atoms with van der Waals surface area (Å²) in [5.41, 5.74) is 8.40. The Kier molecular flexibility index (Phi) is 4.08. The fourth-order valence-electron chi connectivity index (χ4n) is 1.72. The maximum atomic E-state index is 11.9. The Morgan fingerprint density at radius 2 is 1.68 bits per heavy atom. The largest absolute Gasteiger partial charge is 0.387 e. The summed E-state index contributed by atoms with van der Waals surface area (Å²) in [4.78, 5) is 16.2. The lowest BCUT2D eigenvalue weighted by molar-refractivity contribution is 0.100. The van der Waals surface area contributed by atoms with E-state index in [4.69, 9.17) is 5.73 Å². The van der Waals surface area contributed by atoms with Crippen LogP contribution in [0.4, 0.5) is 5.69 Å². The lowest BCUT2D eigenvalue weighted by atomic mass is 10.1. The van der Waals surface area contributed by atoms with Gasteiger partial charge < -0.3 is 5.73 Å². The SMILES string of the molecule is Cc1ccc(N=C(N)CC(=O)c2ccccc2)cc1. The molecule has 0 aliphatic rings. The standard InChI is InChI=1S/C16H16N2O/c1-12-7-9-14(10-8-12)18-16(17)11-15(19)13-5-3-2-4-6-13/h2-10H,11H2,1H3,(H2,17,18). The van der Waals surface area contributed by atoms with Crippen molar-refractivity contribution in [1.82, 2.24) is 0 Å². The summed E-state index contributed by atoms with van der Waals surface area (Å²) in [6.07, 6.45) is 0.137. The fraction of sp³-hybridized carbons (Fsp3) is 0.125. The topological polar surface area (TPSA) is 55.4 Å². The van der Waals surface area contributed by atoms with Gasteiger partial charge in [0.2, 0.25) is 0 Å². The normalized spacial score (nSPS) is 11.3. The van der Waals surface area contributed by atoms with Crippen LogP contribution in [0.5, 0.6) is 0 Å². The zero-order chi connectivity index (χ0) is 13.7. The Hall–Kier alpha value is -2.42. The minimum absolute atomic E-state index is 0.0195. The van der Waals surface area contributed by atoms with E-state index in [1.165, 1.54) is 0 Å². The van der Waals surface area contributed by atoms with Crippen molar-refractivity contribution in [2.24, 2.45) is 10.7 Å². The van der Waals surface area contributed by atoms with Crippen molar-refractivity contribution in [3.8, 4) is 0 Å². The molecule has 0 saturated carbocycles. The Bertz CT molecular complexity index is 586. The Morgan fingerprint density at radius 1 is 1.05 bits per heavy atom. The number of ketones is 1. The number of amidine groups is 1. The number of hydrogen-bond acceptors (Lipinski definition) is 2. The molecule has 3 nitrogen and oxygen atoms in total. The lowest BCUT2D eigenvalue weighted by Crippen LogP contribution is -2.16. The molecule has 2 aromatic rings. The van der Waals surface area contributed by atoms with Crippen LogP contribution in [0.1, 0.15) is 22.3 Å². The highest BCUT2D eigenvalue weighted by molar-refractivity contribution is 6.09. The van der Waals surface area contributed by atoms with E-state index in [1.807, 2.05) is 49.4 Å². The zero-order valence-corrected chi connectivity index (χ0v) is 10.8. The molecule has 0 spiro atoms. The third-order valence-corrected chi connectivity index (χ3v) is 2.74. The van der Waals surface area contributed by atoms with E-state index in [-0.39, 0.29) is 12.2 Å². The molecule has 0 bridgehead atoms. The van der Waals surface area contributed by atoms with Crippen LogP contribution in [-0.2, 0) is 0 Å². The molecular formula is C16H16N2O. The van der Waals surface area contributed by atoms with Crippen LogP contribution in [0.25, 0.3) is 0 Å². The Labute approximate surface area is 112 Å². The third kappa shape index (κ3) is 3.78. The van der Waals surface area contributed by atoms with Gasteiger partial charge in [-0.05, 0) is 19.1 Å². The van der Waals surface area contributed by atoms with E-state index in [0.717, 1.165) is 11.3 Å². The molecule has 0 aliphatic heterocycles. The number of nitrogens with zero attached hydrogens (tertiary/aromatic N) is 1. The highest BCUT2D eigenvalue weighted by atomic mass is 16.1. The average Bonchev–Trinajstić information content (AvgIpc) is 2.42. The van der Waals surface area contributed by atoms with Crippen molar-refractivity contribution in [3.05, 3.63) is 65.7 Å². The minimum Gasteiger partial charge on any atom is -0.387 e. The van der Waals surface area contributed by atoms with Gasteiger partial charge in [0.15, 0.2) is 5.78 Å². The van der Waals surface area contributed by atoms with Crippen molar-refractivity contribution < 1.29 is 4.79 Å². The number of benzene rings is 2. The van der Waals surface area contributed by atoms with Gasteiger partial charge in [-0.2, -0.15) is 0 Å². The van der Waals surface area contributed by atoms with Crippen LogP contribution in [0.3, 0.4) is 0 Å². The molecule has 0 aliphatic carbocycles. The van der Waals surface area contributed by atoms with Gasteiger partial charge in [0.1, 0.15) is 5.84 Å². The molecule has 0 atom stereocenters. The molecule has 0 aromatic heterocycles. The molecule has 3 heteroatoms. The molecule has 2 aromatic carbocycles. The first kappa shape index (κ1) is 13.0. The van der Waals surface area contributed by atoms with Crippen LogP contribution in [0.2, 0.25) is 0 Å². The number of aryl methyl sites for hydroxylation is 1. The van der Waals surface area contributed by atoms with Crippen LogP contribution >= 0.6 is 0 Å². The molecule has 0 unspecified atom stereocenters. The summed E-state index contributed by atoms with van der Waals surface area (Å²) in [6, 6.07) is 16.8. The molecule has 0 amide bonds. The summed E-state index contributed by atoms with van der Waals surface area (Å²) in [6.45, 7) is 2.01. The third-order valence-electron chi connectivity index (χ3n) is 2.74. The summed E-state index contributed by atoms with van der Waals surface area (Å²) in [7, 11) is 0. The Balaban J connectivity index is 2.07. The first-order valence-electron chi connectivity index (χ1n) is 6.13. The quantitative estimate of drug-likeness (QED) is 0.516. The smallest absolute Gasteiger partial charge is 0.170 e. The monoisotopic (exact) mass is 252 g/mol. The predicted molar refractivity (Wildman–Crippen MR) is 77.9 cm³/mol. The number of rotatable bonds is 4. The van der Waals surface area contributed by atoms with E-state index in [1.54, 1.807) is 12.1 Å². The van der Waals surface area contributed by atoms with E-state index in [9.17, 15) is 4.79 Å². The summed E-state index contributed by atoms with van der Waals surface area (Å²) < 4.78 is 0. The second-order valence-electron chi connectivity index (χ2n) is 4.40. The molecule has 0 saturated heterocycles. The maximum Gasteiger partial charge on any atom is 0.170 e. The molecule has 19 heavy (non-hydrogen) atoms. The van der Waals surface area contributed by atoms with Gasteiger partial charge in [0.25, 0.3) is 0 Å². The summed E-state index contributed by atoms with van der Waals surface area (Å²) >= 11 is 0. The van der Waals surface area contributed by atoms with Gasteiger partial charge in [0, 0.05) is 5.56 Å². The molecule has 0 radical (unpaired) electrons. The lowest BCUT2D eigenvalue weighted by Gasteiger charge is -2.01. The first-order valence-corrected chi connectivity index (χ1v) is 6.13. The van der Waals surface area contributed by atoms with Crippen molar-refractivity contribution in [1.29, 1.82) is 0 Å². The van der Waals surface area contributed by atoms with Crippen LogP contribution in [0, 0.1) is 6.92 Å². The molecule has 2 rings (SSSR count). The number of aliphatic imine (C=N–C) groups is 1.